The van der Waals surface area contributed by atoms with Gasteiger partial charge in [0.25, 0.3) is 0 Å². The van der Waals surface area contributed by atoms with Crippen molar-refractivity contribution in [2.24, 2.45) is 5.92 Å². The Bertz CT molecular complexity index is 596. The highest BCUT2D eigenvalue weighted by Gasteiger charge is 2.17. The normalized spacial score (nSPS) is 20.1. The van der Waals surface area contributed by atoms with Gasteiger partial charge in [0.1, 0.15) is 0 Å². The van der Waals surface area contributed by atoms with Crippen LogP contribution >= 0.6 is 0 Å². The largest absolute Gasteiger partial charge is 0.396 e. The van der Waals surface area contributed by atoms with E-state index in [1.807, 2.05) is 18.2 Å². The summed E-state index contributed by atoms with van der Waals surface area (Å²) in [6.45, 7) is 3.36. The lowest BCUT2D eigenvalue weighted by Crippen LogP contribution is -2.35. The lowest BCUT2D eigenvalue weighted by molar-refractivity contribution is 0.217. The molecule has 2 aromatic rings. The standard InChI is InChI=1S/C16H22N4/c1-20-8-4-5-12(11-20)9-19-16-13-6-2-3-7-15(13)18-10-14(16)17/h2-3,6-7,10,12H,4-5,8-9,11,17H2,1H3,(H,18,19). The van der Waals surface area contributed by atoms with Gasteiger partial charge in [-0.1, -0.05) is 18.2 Å². The molecule has 1 fully saturated rings. The number of hydrogen-bond acceptors (Lipinski definition) is 4. The van der Waals surface area contributed by atoms with Gasteiger partial charge in [0, 0.05) is 18.5 Å². The van der Waals surface area contributed by atoms with Crippen LogP contribution in [0, 0.1) is 5.92 Å². The number of piperidine rings is 1. The smallest absolute Gasteiger partial charge is 0.0743 e. The van der Waals surface area contributed by atoms with Gasteiger partial charge in [-0.2, -0.15) is 0 Å². The molecular weight excluding hydrogens is 248 g/mol. The van der Waals surface area contributed by atoms with Crippen LogP contribution in [0.25, 0.3) is 10.9 Å². The van der Waals surface area contributed by atoms with E-state index < -0.39 is 0 Å². The highest BCUT2D eigenvalue weighted by Crippen LogP contribution is 2.28. The molecule has 1 atom stereocenters. The fraction of sp³-hybridized carbons (Fsp3) is 0.438. The molecule has 106 valence electrons. The molecule has 1 aliphatic heterocycles. The predicted molar refractivity (Wildman–Crippen MR) is 84.9 cm³/mol. The van der Waals surface area contributed by atoms with Crippen LogP contribution in [0.15, 0.2) is 30.5 Å². The van der Waals surface area contributed by atoms with Gasteiger partial charge < -0.3 is 16.0 Å². The number of nitrogens with two attached hydrogens (primary N) is 1. The Labute approximate surface area is 120 Å². The summed E-state index contributed by atoms with van der Waals surface area (Å²) in [5.74, 6) is 0.695. The zero-order valence-corrected chi connectivity index (χ0v) is 12.0. The van der Waals surface area contributed by atoms with Crippen LogP contribution in [0.4, 0.5) is 11.4 Å². The molecule has 0 saturated carbocycles. The molecule has 1 saturated heterocycles. The van der Waals surface area contributed by atoms with E-state index in [0.29, 0.717) is 5.92 Å². The number of nitrogen functional groups attached to an aromatic ring is 1. The zero-order valence-electron chi connectivity index (χ0n) is 12.0. The monoisotopic (exact) mass is 270 g/mol. The van der Waals surface area contributed by atoms with E-state index >= 15 is 0 Å². The van der Waals surface area contributed by atoms with E-state index in [9.17, 15) is 0 Å². The minimum Gasteiger partial charge on any atom is -0.396 e. The van der Waals surface area contributed by atoms with Gasteiger partial charge in [0.05, 0.1) is 23.1 Å². The molecule has 1 aromatic heterocycles. The molecule has 0 amide bonds. The molecule has 0 radical (unpaired) electrons. The van der Waals surface area contributed by atoms with E-state index in [4.69, 9.17) is 5.73 Å². The van der Waals surface area contributed by atoms with Crippen molar-refractivity contribution < 1.29 is 0 Å². The van der Waals surface area contributed by atoms with E-state index in [2.05, 4.69) is 28.3 Å². The van der Waals surface area contributed by atoms with E-state index in [1.165, 1.54) is 19.4 Å². The maximum Gasteiger partial charge on any atom is 0.0743 e. The average molecular weight is 270 g/mol. The summed E-state index contributed by atoms with van der Waals surface area (Å²) >= 11 is 0. The van der Waals surface area contributed by atoms with Crippen molar-refractivity contribution in [3.63, 3.8) is 0 Å². The van der Waals surface area contributed by atoms with Crippen LogP contribution in [0.5, 0.6) is 0 Å². The van der Waals surface area contributed by atoms with Gasteiger partial charge in [-0.25, -0.2) is 0 Å². The van der Waals surface area contributed by atoms with Crippen LogP contribution in [0.1, 0.15) is 12.8 Å². The van der Waals surface area contributed by atoms with Gasteiger partial charge in [0.15, 0.2) is 0 Å². The highest BCUT2D eigenvalue weighted by atomic mass is 15.1. The molecular formula is C16H22N4. The van der Waals surface area contributed by atoms with Crippen LogP contribution in [-0.2, 0) is 0 Å². The summed E-state index contributed by atoms with van der Waals surface area (Å²) in [5.41, 5.74) is 8.85. The number of para-hydroxylation sites is 1. The summed E-state index contributed by atoms with van der Waals surface area (Å²) in [7, 11) is 2.20. The lowest BCUT2D eigenvalue weighted by atomic mass is 9.98. The summed E-state index contributed by atoms with van der Waals surface area (Å²) in [4.78, 5) is 6.78. The molecule has 1 aromatic carbocycles. The Morgan fingerprint density at radius 1 is 1.40 bits per heavy atom. The fourth-order valence-electron chi connectivity index (χ4n) is 3.04. The van der Waals surface area contributed by atoms with Crippen molar-refractivity contribution in [2.45, 2.75) is 12.8 Å². The molecule has 0 aliphatic carbocycles. The van der Waals surface area contributed by atoms with Crippen molar-refractivity contribution in [3.05, 3.63) is 30.5 Å². The number of anilines is 2. The Morgan fingerprint density at radius 2 is 2.25 bits per heavy atom. The summed E-state index contributed by atoms with van der Waals surface area (Å²) in [6, 6.07) is 8.14. The Morgan fingerprint density at radius 3 is 3.10 bits per heavy atom. The maximum absolute atomic E-state index is 6.09. The Balaban J connectivity index is 1.78. The second-order valence-corrected chi connectivity index (χ2v) is 5.76. The van der Waals surface area contributed by atoms with Crippen molar-refractivity contribution in [1.82, 2.24) is 9.88 Å². The van der Waals surface area contributed by atoms with Crippen LogP contribution in [-0.4, -0.2) is 36.6 Å². The van der Waals surface area contributed by atoms with Crippen LogP contribution in [0.3, 0.4) is 0 Å². The number of rotatable bonds is 3. The first-order valence-corrected chi connectivity index (χ1v) is 7.29. The molecule has 2 heterocycles. The number of pyridine rings is 1. The van der Waals surface area contributed by atoms with Gasteiger partial charge in [0.2, 0.25) is 0 Å². The van der Waals surface area contributed by atoms with Crippen LogP contribution in [0.2, 0.25) is 0 Å². The second kappa shape index (κ2) is 5.67. The molecule has 0 bridgehead atoms. The highest BCUT2D eigenvalue weighted by molar-refractivity contribution is 5.96. The number of likely N-dealkylation sites (tertiary alicyclic amines) is 1. The number of benzene rings is 1. The van der Waals surface area contributed by atoms with Crippen LogP contribution < -0.4 is 11.1 Å². The number of aromatic nitrogens is 1. The second-order valence-electron chi connectivity index (χ2n) is 5.76. The number of fused-ring (bicyclic) bond motifs is 1. The van der Waals surface area contributed by atoms with Crippen molar-refractivity contribution in [2.75, 3.05) is 37.7 Å². The van der Waals surface area contributed by atoms with E-state index in [-0.39, 0.29) is 0 Å². The third kappa shape index (κ3) is 2.70. The minimum atomic E-state index is 0.695. The Hall–Kier alpha value is -1.81. The molecule has 1 unspecified atom stereocenters. The van der Waals surface area contributed by atoms with E-state index in [0.717, 1.165) is 35.4 Å². The molecule has 20 heavy (non-hydrogen) atoms. The predicted octanol–water partition coefficient (Wildman–Crippen LogP) is 2.57. The molecule has 3 N–H and O–H groups in total. The van der Waals surface area contributed by atoms with Gasteiger partial charge >= 0.3 is 0 Å². The average Bonchev–Trinajstić information content (AvgIpc) is 2.46. The molecule has 3 rings (SSSR count). The number of nitrogens with one attached hydrogen (secondary N) is 1. The molecule has 0 spiro atoms. The SMILES string of the molecule is CN1CCCC(CNc2c(N)cnc3ccccc23)C1. The fourth-order valence-corrected chi connectivity index (χ4v) is 3.04. The third-order valence-electron chi connectivity index (χ3n) is 4.09. The minimum absolute atomic E-state index is 0.695. The third-order valence-corrected chi connectivity index (χ3v) is 4.09. The number of hydrogen-bond donors (Lipinski definition) is 2. The summed E-state index contributed by atoms with van der Waals surface area (Å²) in [5, 5.41) is 4.66. The first-order valence-electron chi connectivity index (χ1n) is 7.29. The Kier molecular flexibility index (Phi) is 3.74. The first kappa shape index (κ1) is 13.2. The zero-order chi connectivity index (χ0) is 13.9. The van der Waals surface area contributed by atoms with E-state index in [1.54, 1.807) is 6.20 Å². The first-order chi connectivity index (χ1) is 9.74. The summed E-state index contributed by atoms with van der Waals surface area (Å²) < 4.78 is 0. The van der Waals surface area contributed by atoms with Gasteiger partial charge in [-0.05, 0) is 38.4 Å². The number of nitrogens with zero attached hydrogens (tertiary/aromatic N) is 2. The molecule has 4 nitrogen and oxygen atoms in total. The lowest BCUT2D eigenvalue weighted by Gasteiger charge is -2.30. The molecule has 1 aliphatic rings. The van der Waals surface area contributed by atoms with Crippen molar-refractivity contribution in [1.29, 1.82) is 0 Å². The summed E-state index contributed by atoms with van der Waals surface area (Å²) in [6.07, 6.45) is 4.33. The van der Waals surface area contributed by atoms with Gasteiger partial charge in [-0.15, -0.1) is 0 Å². The molecule has 4 heteroatoms. The maximum atomic E-state index is 6.09. The van der Waals surface area contributed by atoms with Gasteiger partial charge in [-0.3, -0.25) is 4.98 Å². The quantitative estimate of drug-likeness (QED) is 0.900. The topological polar surface area (TPSA) is 54.2 Å². The van der Waals surface area contributed by atoms with Crippen molar-refractivity contribution >= 4 is 22.3 Å². The van der Waals surface area contributed by atoms with Crippen molar-refractivity contribution in [3.8, 4) is 0 Å².